The molecule has 1 fully saturated rings. The van der Waals surface area contributed by atoms with Crippen molar-refractivity contribution in [2.45, 2.75) is 25.3 Å². The predicted octanol–water partition coefficient (Wildman–Crippen LogP) is 2.33. The van der Waals surface area contributed by atoms with E-state index in [2.05, 4.69) is 0 Å². The maximum absolute atomic E-state index is 13.7. The molecular formula is C13H11F3N2O2. The zero-order chi connectivity index (χ0) is 14.9. The third-order valence-electron chi connectivity index (χ3n) is 3.28. The lowest BCUT2D eigenvalue weighted by atomic mass is 10.0. The fourth-order valence-corrected chi connectivity index (χ4v) is 2.21. The Morgan fingerprint density at radius 3 is 2.70 bits per heavy atom. The van der Waals surface area contributed by atoms with Crippen LogP contribution in [-0.2, 0) is 0 Å². The van der Waals surface area contributed by atoms with E-state index in [1.54, 1.807) is 0 Å². The Kier molecular flexibility index (Phi) is 3.84. The maximum atomic E-state index is 13.7. The molecule has 1 aliphatic rings. The first-order valence-electron chi connectivity index (χ1n) is 6.04. The van der Waals surface area contributed by atoms with E-state index < -0.39 is 40.7 Å². The molecule has 1 saturated heterocycles. The topological polar surface area (TPSA) is 64.3 Å². The second-order valence-corrected chi connectivity index (χ2v) is 4.52. The zero-order valence-electron chi connectivity index (χ0n) is 10.4. The summed E-state index contributed by atoms with van der Waals surface area (Å²) in [5, 5.41) is 18.1. The van der Waals surface area contributed by atoms with E-state index in [-0.39, 0.29) is 6.54 Å². The van der Waals surface area contributed by atoms with Crippen LogP contribution in [0.5, 0.6) is 5.75 Å². The number of nitrogens with zero attached hydrogens (tertiary/aromatic N) is 2. The largest absolute Gasteiger partial charge is 0.503 e. The highest BCUT2D eigenvalue weighted by Gasteiger charge is 2.31. The van der Waals surface area contributed by atoms with Gasteiger partial charge in [0.2, 0.25) is 5.82 Å². The van der Waals surface area contributed by atoms with Crippen LogP contribution in [0.25, 0.3) is 0 Å². The third kappa shape index (κ3) is 2.29. The summed E-state index contributed by atoms with van der Waals surface area (Å²) in [6.45, 7) is 0.232. The Hall–Kier alpha value is -2.23. The molecule has 0 bridgehead atoms. The minimum absolute atomic E-state index is 0.232. The minimum Gasteiger partial charge on any atom is -0.503 e. The van der Waals surface area contributed by atoms with Crippen molar-refractivity contribution in [2.75, 3.05) is 6.54 Å². The second-order valence-electron chi connectivity index (χ2n) is 4.52. The van der Waals surface area contributed by atoms with Crippen LogP contribution < -0.4 is 0 Å². The number of phenolic OH excluding ortho intramolecular Hbond substituents is 1. The number of carbonyl (C=O) groups is 1. The number of hydrogen-bond acceptors (Lipinski definition) is 3. The van der Waals surface area contributed by atoms with Gasteiger partial charge in [0, 0.05) is 6.54 Å². The van der Waals surface area contributed by atoms with Crippen molar-refractivity contribution in [3.8, 4) is 11.8 Å². The molecule has 20 heavy (non-hydrogen) atoms. The summed E-state index contributed by atoms with van der Waals surface area (Å²) in [4.78, 5) is 13.3. The SMILES string of the molecule is N#CC1CCCCN1C(=O)c1cc(F)c(F)c(O)c1F. The molecule has 1 heterocycles. The number of halogens is 3. The molecule has 0 aliphatic carbocycles. The van der Waals surface area contributed by atoms with Crippen LogP contribution in [0.2, 0.25) is 0 Å². The third-order valence-corrected chi connectivity index (χ3v) is 3.28. The summed E-state index contributed by atoms with van der Waals surface area (Å²) in [6, 6.07) is 1.58. The van der Waals surface area contributed by atoms with Crippen molar-refractivity contribution >= 4 is 5.91 Å². The first-order valence-corrected chi connectivity index (χ1v) is 6.04. The van der Waals surface area contributed by atoms with Gasteiger partial charge < -0.3 is 10.0 Å². The first kappa shape index (κ1) is 14.2. The van der Waals surface area contributed by atoms with Crippen LogP contribution in [0.15, 0.2) is 6.07 Å². The van der Waals surface area contributed by atoms with Gasteiger partial charge in [-0.2, -0.15) is 9.65 Å². The van der Waals surface area contributed by atoms with Gasteiger partial charge in [-0.25, -0.2) is 8.78 Å². The van der Waals surface area contributed by atoms with E-state index in [9.17, 15) is 18.0 Å². The fraction of sp³-hybridized carbons (Fsp3) is 0.385. The van der Waals surface area contributed by atoms with Crippen molar-refractivity contribution in [1.29, 1.82) is 5.26 Å². The highest BCUT2D eigenvalue weighted by Crippen LogP contribution is 2.28. The van der Waals surface area contributed by atoms with Crippen LogP contribution in [-0.4, -0.2) is 28.5 Å². The molecule has 1 unspecified atom stereocenters. The molecule has 2 rings (SSSR count). The number of rotatable bonds is 1. The monoisotopic (exact) mass is 284 g/mol. The lowest BCUT2D eigenvalue weighted by Crippen LogP contribution is -2.43. The molecule has 0 radical (unpaired) electrons. The first-order chi connectivity index (χ1) is 9.47. The Balaban J connectivity index is 2.41. The molecule has 1 aromatic carbocycles. The summed E-state index contributed by atoms with van der Waals surface area (Å²) in [5.74, 6) is -7.23. The molecule has 1 N–H and O–H groups in total. The molecule has 0 aromatic heterocycles. The molecule has 0 saturated carbocycles. The van der Waals surface area contributed by atoms with Gasteiger partial charge in [-0.05, 0) is 25.3 Å². The average molecular weight is 284 g/mol. The molecule has 7 heteroatoms. The summed E-state index contributed by atoms with van der Waals surface area (Å²) >= 11 is 0. The van der Waals surface area contributed by atoms with Gasteiger partial charge >= 0.3 is 0 Å². The Morgan fingerprint density at radius 1 is 1.35 bits per heavy atom. The molecule has 1 aliphatic heterocycles. The minimum atomic E-state index is -1.74. The quantitative estimate of drug-likeness (QED) is 0.805. The normalized spacial score (nSPS) is 18.7. The highest BCUT2D eigenvalue weighted by atomic mass is 19.2. The number of carbonyl (C=O) groups excluding carboxylic acids is 1. The summed E-state index contributed by atoms with van der Waals surface area (Å²) in [5.41, 5.74) is -0.774. The van der Waals surface area contributed by atoms with Crippen molar-refractivity contribution in [3.63, 3.8) is 0 Å². The standard InChI is InChI=1S/C13H11F3N2O2/c14-9-5-8(10(15)12(19)11(9)16)13(20)18-4-2-1-3-7(18)6-17/h5,7,19H,1-4H2. The van der Waals surface area contributed by atoms with Crippen LogP contribution in [0.1, 0.15) is 29.6 Å². The Morgan fingerprint density at radius 2 is 2.05 bits per heavy atom. The Bertz CT molecular complexity index is 598. The molecule has 1 aromatic rings. The van der Waals surface area contributed by atoms with E-state index in [1.165, 1.54) is 0 Å². The highest BCUT2D eigenvalue weighted by molar-refractivity contribution is 5.95. The number of benzene rings is 1. The van der Waals surface area contributed by atoms with E-state index in [0.29, 0.717) is 18.9 Å². The molecule has 1 atom stereocenters. The Labute approximate surface area is 113 Å². The second kappa shape index (κ2) is 5.41. The number of amides is 1. The van der Waals surface area contributed by atoms with Gasteiger partial charge in [-0.15, -0.1) is 0 Å². The van der Waals surface area contributed by atoms with Gasteiger partial charge in [-0.3, -0.25) is 4.79 Å². The smallest absolute Gasteiger partial charge is 0.258 e. The number of piperidine rings is 1. The molecule has 0 spiro atoms. The van der Waals surface area contributed by atoms with Crippen LogP contribution in [0.4, 0.5) is 13.2 Å². The van der Waals surface area contributed by atoms with E-state index in [4.69, 9.17) is 10.4 Å². The van der Waals surface area contributed by atoms with Crippen LogP contribution >= 0.6 is 0 Å². The van der Waals surface area contributed by atoms with Crippen LogP contribution in [0, 0.1) is 28.8 Å². The van der Waals surface area contributed by atoms with Gasteiger partial charge in [0.1, 0.15) is 6.04 Å². The molecule has 1 amide bonds. The predicted molar refractivity (Wildman–Crippen MR) is 62.3 cm³/mol. The van der Waals surface area contributed by atoms with E-state index in [0.717, 1.165) is 11.3 Å². The maximum Gasteiger partial charge on any atom is 0.258 e. The van der Waals surface area contributed by atoms with Crippen molar-refractivity contribution in [3.05, 3.63) is 29.1 Å². The summed E-state index contributed by atoms with van der Waals surface area (Å²) in [7, 11) is 0. The number of phenols is 1. The fourth-order valence-electron chi connectivity index (χ4n) is 2.21. The van der Waals surface area contributed by atoms with Crippen molar-refractivity contribution in [2.24, 2.45) is 0 Å². The lowest BCUT2D eigenvalue weighted by Gasteiger charge is -2.31. The average Bonchev–Trinajstić information content (AvgIpc) is 2.48. The molecular weight excluding hydrogens is 273 g/mol. The number of nitriles is 1. The number of aromatic hydroxyl groups is 1. The van der Waals surface area contributed by atoms with Crippen LogP contribution in [0.3, 0.4) is 0 Å². The summed E-state index contributed by atoms with van der Waals surface area (Å²) < 4.78 is 39.9. The summed E-state index contributed by atoms with van der Waals surface area (Å²) in [6.07, 6.45) is 1.84. The van der Waals surface area contributed by atoms with Gasteiger partial charge in [-0.1, -0.05) is 0 Å². The van der Waals surface area contributed by atoms with Gasteiger partial charge in [0.25, 0.3) is 5.91 Å². The van der Waals surface area contributed by atoms with Crippen molar-refractivity contribution in [1.82, 2.24) is 4.90 Å². The lowest BCUT2D eigenvalue weighted by molar-refractivity contribution is 0.0664. The molecule has 4 nitrogen and oxygen atoms in total. The van der Waals surface area contributed by atoms with Gasteiger partial charge in [0.15, 0.2) is 17.4 Å². The van der Waals surface area contributed by atoms with Crippen molar-refractivity contribution < 1.29 is 23.1 Å². The number of hydrogen-bond donors (Lipinski definition) is 1. The zero-order valence-corrected chi connectivity index (χ0v) is 10.4. The van der Waals surface area contributed by atoms with Gasteiger partial charge in [0.05, 0.1) is 11.6 Å². The van der Waals surface area contributed by atoms with E-state index >= 15 is 0 Å². The molecule has 106 valence electrons. The number of likely N-dealkylation sites (tertiary alicyclic amines) is 1. The van der Waals surface area contributed by atoms with E-state index in [1.807, 2.05) is 6.07 Å².